The summed E-state index contributed by atoms with van der Waals surface area (Å²) in [5, 5.41) is 0. The predicted octanol–water partition coefficient (Wildman–Crippen LogP) is 1.82. The van der Waals surface area contributed by atoms with Gasteiger partial charge >= 0.3 is 0 Å². The molecule has 0 radical (unpaired) electrons. The lowest BCUT2D eigenvalue weighted by Gasteiger charge is -2.36. The highest BCUT2D eigenvalue weighted by Gasteiger charge is 2.31. The third-order valence-corrected chi connectivity index (χ3v) is 3.28. The van der Waals surface area contributed by atoms with Crippen molar-refractivity contribution in [3.63, 3.8) is 0 Å². The maximum Gasteiger partial charge on any atom is 0.109 e. The topological polar surface area (TPSA) is 44.5 Å². The molecular weight excluding hydrogens is 190 g/mol. The molecule has 0 amide bonds. The van der Waals surface area contributed by atoms with Gasteiger partial charge in [-0.3, -0.25) is 0 Å². The predicted molar refractivity (Wildman–Crippen MR) is 59.4 cm³/mol. The molecular formula is C12H21NO2. The molecule has 0 aromatic carbocycles. The van der Waals surface area contributed by atoms with Gasteiger partial charge in [-0.05, 0) is 38.2 Å². The zero-order valence-electron chi connectivity index (χ0n) is 9.45. The Labute approximate surface area is 91.6 Å². The van der Waals surface area contributed by atoms with Gasteiger partial charge < -0.3 is 15.2 Å². The molecule has 1 fully saturated rings. The van der Waals surface area contributed by atoms with Crippen molar-refractivity contribution in [2.24, 2.45) is 11.7 Å². The fraction of sp³-hybridized carbons (Fsp3) is 0.833. The Bertz CT molecular complexity index is 234. The van der Waals surface area contributed by atoms with Crippen LogP contribution in [0.5, 0.6) is 0 Å². The van der Waals surface area contributed by atoms with Gasteiger partial charge in [0.05, 0.1) is 18.8 Å². The summed E-state index contributed by atoms with van der Waals surface area (Å²) < 4.78 is 11.0. The quantitative estimate of drug-likeness (QED) is 0.754. The van der Waals surface area contributed by atoms with Gasteiger partial charge in [-0.1, -0.05) is 0 Å². The molecule has 3 nitrogen and oxygen atoms in total. The van der Waals surface area contributed by atoms with Crippen molar-refractivity contribution in [3.05, 3.63) is 11.8 Å². The van der Waals surface area contributed by atoms with Crippen molar-refractivity contribution in [3.8, 4) is 0 Å². The lowest BCUT2D eigenvalue weighted by atomic mass is 9.78. The number of nitrogens with two attached hydrogens (primary N) is 1. The minimum absolute atomic E-state index is 0.111. The molecule has 86 valence electrons. The first-order valence-electron chi connectivity index (χ1n) is 5.99. The summed E-state index contributed by atoms with van der Waals surface area (Å²) >= 11 is 0. The van der Waals surface area contributed by atoms with E-state index in [4.69, 9.17) is 15.2 Å². The lowest BCUT2D eigenvalue weighted by molar-refractivity contribution is -0.0283. The van der Waals surface area contributed by atoms with E-state index in [1.807, 2.05) is 0 Å². The molecule has 2 aliphatic rings. The van der Waals surface area contributed by atoms with Gasteiger partial charge in [0.1, 0.15) is 5.76 Å². The molecule has 3 heteroatoms. The van der Waals surface area contributed by atoms with E-state index in [1.54, 1.807) is 0 Å². The molecule has 0 aromatic heterocycles. The molecule has 1 saturated carbocycles. The molecule has 2 rings (SSSR count). The van der Waals surface area contributed by atoms with Gasteiger partial charge in [0.15, 0.2) is 0 Å². The van der Waals surface area contributed by atoms with Crippen LogP contribution in [0.1, 0.15) is 32.6 Å². The minimum Gasteiger partial charge on any atom is -0.496 e. The van der Waals surface area contributed by atoms with Crippen LogP contribution in [0.15, 0.2) is 11.8 Å². The maximum atomic E-state index is 6.07. The van der Waals surface area contributed by atoms with E-state index in [-0.39, 0.29) is 6.04 Å². The Kier molecular flexibility index (Phi) is 3.65. The van der Waals surface area contributed by atoms with Gasteiger partial charge in [-0.2, -0.15) is 0 Å². The molecule has 2 N–H and O–H groups in total. The third-order valence-electron chi connectivity index (χ3n) is 3.28. The van der Waals surface area contributed by atoms with Crippen molar-refractivity contribution in [2.75, 3.05) is 13.2 Å². The third kappa shape index (κ3) is 2.73. The van der Waals surface area contributed by atoms with E-state index in [9.17, 15) is 0 Å². The highest BCUT2D eigenvalue weighted by molar-refractivity contribution is 5.07. The summed E-state index contributed by atoms with van der Waals surface area (Å²) in [5.74, 6) is 1.75. The number of hydrogen-bond acceptors (Lipinski definition) is 3. The monoisotopic (exact) mass is 211 g/mol. The maximum absolute atomic E-state index is 6.07. The Morgan fingerprint density at radius 1 is 1.60 bits per heavy atom. The second kappa shape index (κ2) is 4.99. The van der Waals surface area contributed by atoms with Gasteiger partial charge in [0.25, 0.3) is 0 Å². The summed E-state index contributed by atoms with van der Waals surface area (Å²) in [6.45, 7) is 3.70. The second-order valence-corrected chi connectivity index (χ2v) is 4.50. The molecule has 0 bridgehead atoms. The van der Waals surface area contributed by atoms with Crippen LogP contribution >= 0.6 is 0 Å². The van der Waals surface area contributed by atoms with Crippen LogP contribution in [0.4, 0.5) is 0 Å². The average Bonchev–Trinajstić information content (AvgIpc) is 2.67. The molecule has 15 heavy (non-hydrogen) atoms. The molecule has 1 unspecified atom stereocenters. The van der Waals surface area contributed by atoms with Crippen LogP contribution < -0.4 is 5.73 Å². The van der Waals surface area contributed by atoms with Crippen LogP contribution in [0.2, 0.25) is 0 Å². The van der Waals surface area contributed by atoms with Gasteiger partial charge in [0, 0.05) is 13.0 Å². The fourth-order valence-electron chi connectivity index (χ4n) is 2.41. The Morgan fingerprint density at radius 3 is 3.00 bits per heavy atom. The van der Waals surface area contributed by atoms with Gasteiger partial charge in [-0.25, -0.2) is 0 Å². The second-order valence-electron chi connectivity index (χ2n) is 4.50. The van der Waals surface area contributed by atoms with E-state index < -0.39 is 0 Å². The first-order chi connectivity index (χ1) is 7.29. The normalized spacial score (nSPS) is 31.7. The largest absolute Gasteiger partial charge is 0.496 e. The van der Waals surface area contributed by atoms with Crippen LogP contribution in [0.3, 0.4) is 0 Å². The average molecular weight is 211 g/mol. The zero-order valence-corrected chi connectivity index (χ0v) is 9.45. The Morgan fingerprint density at radius 2 is 2.40 bits per heavy atom. The van der Waals surface area contributed by atoms with Crippen molar-refractivity contribution < 1.29 is 9.47 Å². The summed E-state index contributed by atoms with van der Waals surface area (Å²) in [4.78, 5) is 0. The summed E-state index contributed by atoms with van der Waals surface area (Å²) in [6.07, 6.45) is 7.04. The minimum atomic E-state index is 0.111. The summed E-state index contributed by atoms with van der Waals surface area (Å²) in [7, 11) is 0. The van der Waals surface area contributed by atoms with E-state index in [0.717, 1.165) is 37.7 Å². The first kappa shape index (κ1) is 11.0. The van der Waals surface area contributed by atoms with Crippen molar-refractivity contribution >= 4 is 0 Å². The summed E-state index contributed by atoms with van der Waals surface area (Å²) in [5.41, 5.74) is 6.07. The van der Waals surface area contributed by atoms with E-state index >= 15 is 0 Å². The number of ether oxygens (including phenoxy) is 2. The Hall–Kier alpha value is -0.540. The zero-order chi connectivity index (χ0) is 10.7. The van der Waals surface area contributed by atoms with Gasteiger partial charge in [0.2, 0.25) is 0 Å². The smallest absolute Gasteiger partial charge is 0.109 e. The van der Waals surface area contributed by atoms with E-state index in [1.165, 1.54) is 12.8 Å². The highest BCUT2D eigenvalue weighted by Crippen LogP contribution is 2.34. The van der Waals surface area contributed by atoms with Crippen molar-refractivity contribution in [1.82, 2.24) is 0 Å². The number of hydrogen-bond donors (Lipinski definition) is 1. The van der Waals surface area contributed by atoms with Crippen molar-refractivity contribution in [1.29, 1.82) is 0 Å². The molecule has 0 aromatic rings. The fourth-order valence-corrected chi connectivity index (χ4v) is 2.41. The summed E-state index contributed by atoms with van der Waals surface area (Å²) in [6, 6.07) is 0.111. The SMILES string of the molecule is CCOC1CC(CC(N)C2=CCCO2)C1. The van der Waals surface area contributed by atoms with Gasteiger partial charge in [-0.15, -0.1) is 0 Å². The Balaban J connectivity index is 1.66. The van der Waals surface area contributed by atoms with Crippen LogP contribution in [0, 0.1) is 5.92 Å². The first-order valence-corrected chi connectivity index (χ1v) is 5.99. The van der Waals surface area contributed by atoms with Crippen molar-refractivity contribution in [2.45, 2.75) is 44.8 Å². The molecule has 0 saturated heterocycles. The van der Waals surface area contributed by atoms with E-state index in [2.05, 4.69) is 13.0 Å². The molecule has 1 heterocycles. The molecule has 0 spiro atoms. The molecule has 1 aliphatic heterocycles. The molecule has 1 atom stereocenters. The van der Waals surface area contributed by atoms with Crippen LogP contribution in [-0.4, -0.2) is 25.4 Å². The van der Waals surface area contributed by atoms with Crippen LogP contribution in [0.25, 0.3) is 0 Å². The highest BCUT2D eigenvalue weighted by atomic mass is 16.5. The number of rotatable bonds is 5. The standard InChI is InChI=1S/C12H21NO2/c1-2-14-10-6-9(7-10)8-11(13)12-4-3-5-15-12/h4,9-11H,2-3,5-8,13H2,1H3. The van der Waals surface area contributed by atoms with Crippen LogP contribution in [-0.2, 0) is 9.47 Å². The molecule has 1 aliphatic carbocycles. The van der Waals surface area contributed by atoms with E-state index in [0.29, 0.717) is 6.10 Å². The lowest BCUT2D eigenvalue weighted by Crippen LogP contribution is -2.36.